The number of nitrogens with zero attached hydrogens (tertiary/aromatic N) is 2. The number of halogens is 1. The highest BCUT2D eigenvalue weighted by molar-refractivity contribution is 5.90. The van der Waals surface area contributed by atoms with Gasteiger partial charge in [-0.2, -0.15) is 0 Å². The van der Waals surface area contributed by atoms with Crippen LogP contribution in [0.4, 0.5) is 14.9 Å². The van der Waals surface area contributed by atoms with Crippen LogP contribution in [-0.4, -0.2) is 59.0 Å². The Kier molecular flexibility index (Phi) is 5.39. The molecule has 0 radical (unpaired) electrons. The van der Waals surface area contributed by atoms with E-state index in [4.69, 9.17) is 5.11 Å². The molecule has 140 valence electrons. The Morgan fingerprint density at radius 2 is 1.77 bits per heavy atom. The number of anilines is 1. The highest BCUT2D eigenvalue weighted by Crippen LogP contribution is 2.24. The zero-order valence-corrected chi connectivity index (χ0v) is 14.4. The van der Waals surface area contributed by atoms with Crippen LogP contribution < -0.4 is 5.32 Å². The number of aliphatic carboxylic acids is 1. The first kappa shape index (κ1) is 18.2. The molecule has 0 bridgehead atoms. The van der Waals surface area contributed by atoms with E-state index in [1.54, 1.807) is 17.0 Å². The molecular formula is C18H22FN3O4. The van der Waals surface area contributed by atoms with Crippen molar-refractivity contribution < 1.29 is 23.9 Å². The monoisotopic (exact) mass is 363 g/mol. The number of hydrogen-bond acceptors (Lipinski definition) is 3. The van der Waals surface area contributed by atoms with Gasteiger partial charge in [0.1, 0.15) is 5.82 Å². The van der Waals surface area contributed by atoms with Crippen LogP contribution in [0.1, 0.15) is 19.3 Å². The van der Waals surface area contributed by atoms with Crippen molar-refractivity contribution in [3.8, 4) is 0 Å². The summed E-state index contributed by atoms with van der Waals surface area (Å²) < 4.78 is 13.7. The maximum Gasteiger partial charge on any atom is 0.321 e. The lowest BCUT2D eigenvalue weighted by molar-refractivity contribution is -0.141. The molecule has 1 aromatic rings. The fourth-order valence-electron chi connectivity index (χ4n) is 3.54. The molecule has 3 rings (SSSR count). The van der Waals surface area contributed by atoms with E-state index in [0.29, 0.717) is 32.4 Å². The summed E-state index contributed by atoms with van der Waals surface area (Å²) in [6.07, 6.45) is 1.80. The van der Waals surface area contributed by atoms with Gasteiger partial charge in [0.2, 0.25) is 5.91 Å². The van der Waals surface area contributed by atoms with Gasteiger partial charge in [0.05, 0.1) is 17.5 Å². The predicted molar refractivity (Wildman–Crippen MR) is 92.0 cm³/mol. The SMILES string of the molecule is O=C(O)C1CCN(C(=O)C2CCCN(C(=O)Nc3ccccc3F)C2)C1. The molecule has 2 atom stereocenters. The second kappa shape index (κ2) is 7.72. The van der Waals surface area contributed by atoms with Gasteiger partial charge in [-0.25, -0.2) is 9.18 Å². The van der Waals surface area contributed by atoms with Crippen LogP contribution in [0.2, 0.25) is 0 Å². The van der Waals surface area contributed by atoms with Crippen molar-refractivity contribution in [3.63, 3.8) is 0 Å². The number of para-hydroxylation sites is 1. The Bertz CT molecular complexity index is 711. The van der Waals surface area contributed by atoms with E-state index in [2.05, 4.69) is 5.32 Å². The molecule has 2 unspecified atom stereocenters. The van der Waals surface area contributed by atoms with Crippen LogP contribution in [0, 0.1) is 17.7 Å². The van der Waals surface area contributed by atoms with Crippen molar-refractivity contribution in [2.45, 2.75) is 19.3 Å². The zero-order chi connectivity index (χ0) is 18.7. The summed E-state index contributed by atoms with van der Waals surface area (Å²) in [4.78, 5) is 39.2. The van der Waals surface area contributed by atoms with Crippen molar-refractivity contribution in [2.24, 2.45) is 11.8 Å². The quantitative estimate of drug-likeness (QED) is 0.860. The highest BCUT2D eigenvalue weighted by Gasteiger charge is 2.36. The minimum atomic E-state index is -0.880. The van der Waals surface area contributed by atoms with Crippen molar-refractivity contribution in [2.75, 3.05) is 31.5 Å². The van der Waals surface area contributed by atoms with Gasteiger partial charge >= 0.3 is 12.0 Å². The molecule has 26 heavy (non-hydrogen) atoms. The van der Waals surface area contributed by atoms with Crippen LogP contribution in [0.3, 0.4) is 0 Å². The Morgan fingerprint density at radius 3 is 2.46 bits per heavy atom. The van der Waals surface area contributed by atoms with E-state index in [0.717, 1.165) is 0 Å². The van der Waals surface area contributed by atoms with Crippen molar-refractivity contribution >= 4 is 23.6 Å². The third-order valence-corrected chi connectivity index (χ3v) is 5.02. The Morgan fingerprint density at radius 1 is 1.04 bits per heavy atom. The first-order valence-corrected chi connectivity index (χ1v) is 8.77. The minimum absolute atomic E-state index is 0.0999. The Balaban J connectivity index is 1.58. The molecule has 2 aliphatic heterocycles. The van der Waals surface area contributed by atoms with E-state index >= 15 is 0 Å². The van der Waals surface area contributed by atoms with Crippen molar-refractivity contribution in [1.82, 2.24) is 9.80 Å². The number of carbonyl (C=O) groups excluding carboxylic acids is 2. The fourth-order valence-corrected chi connectivity index (χ4v) is 3.54. The largest absolute Gasteiger partial charge is 0.481 e. The van der Waals surface area contributed by atoms with Crippen LogP contribution in [-0.2, 0) is 9.59 Å². The molecule has 0 saturated carbocycles. The smallest absolute Gasteiger partial charge is 0.321 e. The van der Waals surface area contributed by atoms with E-state index in [9.17, 15) is 18.8 Å². The lowest BCUT2D eigenvalue weighted by atomic mass is 9.97. The number of amides is 3. The van der Waals surface area contributed by atoms with Crippen LogP contribution in [0.15, 0.2) is 24.3 Å². The second-order valence-corrected chi connectivity index (χ2v) is 6.80. The molecule has 0 aliphatic carbocycles. The predicted octanol–water partition coefficient (Wildman–Crippen LogP) is 2.00. The third-order valence-electron chi connectivity index (χ3n) is 5.02. The average molecular weight is 363 g/mol. The maximum atomic E-state index is 13.7. The molecular weight excluding hydrogens is 341 g/mol. The summed E-state index contributed by atoms with van der Waals surface area (Å²) in [5.74, 6) is -2.35. The summed E-state index contributed by atoms with van der Waals surface area (Å²) in [6, 6.07) is 5.49. The number of hydrogen-bond donors (Lipinski definition) is 2. The van der Waals surface area contributed by atoms with Gasteiger partial charge < -0.3 is 20.2 Å². The molecule has 2 N–H and O–H groups in total. The van der Waals surface area contributed by atoms with Gasteiger partial charge in [-0.15, -0.1) is 0 Å². The number of rotatable bonds is 3. The zero-order valence-electron chi connectivity index (χ0n) is 14.4. The van der Waals surface area contributed by atoms with E-state index in [1.165, 1.54) is 17.0 Å². The summed E-state index contributed by atoms with van der Waals surface area (Å²) in [5, 5.41) is 11.6. The Hall–Kier alpha value is -2.64. The summed E-state index contributed by atoms with van der Waals surface area (Å²) >= 11 is 0. The van der Waals surface area contributed by atoms with E-state index in [1.807, 2.05) is 0 Å². The normalized spacial score (nSPS) is 23.0. The molecule has 1 aromatic carbocycles. The van der Waals surface area contributed by atoms with Gasteiger partial charge in [0, 0.05) is 26.2 Å². The molecule has 2 aliphatic rings. The van der Waals surface area contributed by atoms with Crippen LogP contribution in [0.25, 0.3) is 0 Å². The molecule has 3 amide bonds. The van der Waals surface area contributed by atoms with Gasteiger partial charge in [-0.05, 0) is 31.4 Å². The maximum absolute atomic E-state index is 13.7. The van der Waals surface area contributed by atoms with E-state index in [-0.39, 0.29) is 30.6 Å². The number of nitrogens with one attached hydrogen (secondary N) is 1. The molecule has 2 heterocycles. The lowest BCUT2D eigenvalue weighted by Crippen LogP contribution is -2.47. The summed E-state index contributed by atoms with van der Waals surface area (Å²) in [7, 11) is 0. The van der Waals surface area contributed by atoms with Gasteiger partial charge in [0.25, 0.3) is 0 Å². The first-order valence-electron chi connectivity index (χ1n) is 8.77. The van der Waals surface area contributed by atoms with Gasteiger partial charge in [-0.3, -0.25) is 9.59 Å². The van der Waals surface area contributed by atoms with E-state index < -0.39 is 23.7 Å². The van der Waals surface area contributed by atoms with Crippen molar-refractivity contribution in [1.29, 1.82) is 0 Å². The Labute approximate surface area is 150 Å². The molecule has 2 saturated heterocycles. The summed E-state index contributed by atoms with van der Waals surface area (Å²) in [6.45, 7) is 1.43. The van der Waals surface area contributed by atoms with Crippen molar-refractivity contribution in [3.05, 3.63) is 30.1 Å². The van der Waals surface area contributed by atoms with Gasteiger partial charge in [0.15, 0.2) is 0 Å². The second-order valence-electron chi connectivity index (χ2n) is 6.80. The number of benzene rings is 1. The number of carboxylic acids is 1. The van der Waals surface area contributed by atoms with Crippen LogP contribution >= 0.6 is 0 Å². The number of carboxylic acid groups (broad SMARTS) is 1. The topological polar surface area (TPSA) is 90.0 Å². The lowest BCUT2D eigenvalue weighted by Gasteiger charge is -2.34. The standard InChI is InChI=1S/C18H22FN3O4/c19-14-5-1-2-6-15(14)20-18(26)22-8-3-4-12(10-22)16(23)21-9-7-13(11-21)17(24)25/h1-2,5-6,12-13H,3-4,7-11H2,(H,20,26)(H,24,25). The number of likely N-dealkylation sites (tertiary alicyclic amines) is 2. The minimum Gasteiger partial charge on any atom is -0.481 e. The molecule has 7 nitrogen and oxygen atoms in total. The average Bonchev–Trinajstić information content (AvgIpc) is 3.13. The molecule has 0 spiro atoms. The number of piperidine rings is 1. The number of carbonyl (C=O) groups is 3. The first-order chi connectivity index (χ1) is 12.5. The molecule has 2 fully saturated rings. The third kappa shape index (κ3) is 3.95. The fraction of sp³-hybridized carbons (Fsp3) is 0.500. The number of urea groups is 1. The highest BCUT2D eigenvalue weighted by atomic mass is 19.1. The van der Waals surface area contributed by atoms with Gasteiger partial charge in [-0.1, -0.05) is 12.1 Å². The summed E-state index contributed by atoms with van der Waals surface area (Å²) in [5.41, 5.74) is 0.106. The molecule has 8 heteroatoms. The molecule has 0 aromatic heterocycles. The van der Waals surface area contributed by atoms with Crippen LogP contribution in [0.5, 0.6) is 0 Å².